The quantitative estimate of drug-likeness (QED) is 0.843. The molecule has 4 heteroatoms. The molecular formula is C19H23NO3. The van der Waals surface area contributed by atoms with Crippen LogP contribution in [0, 0.1) is 0 Å². The largest absolute Gasteiger partial charge is 0.445 e. The monoisotopic (exact) mass is 313 g/mol. The molecule has 0 heterocycles. The van der Waals surface area contributed by atoms with Crippen LogP contribution < -0.4 is 5.32 Å². The van der Waals surface area contributed by atoms with Crippen LogP contribution in [-0.4, -0.2) is 18.2 Å². The van der Waals surface area contributed by atoms with Gasteiger partial charge in [0.15, 0.2) is 0 Å². The predicted molar refractivity (Wildman–Crippen MR) is 89.9 cm³/mol. The number of benzene rings is 2. The van der Waals surface area contributed by atoms with E-state index in [-0.39, 0.29) is 18.8 Å². The second-order valence-electron chi connectivity index (χ2n) is 5.50. The van der Waals surface area contributed by atoms with Gasteiger partial charge >= 0.3 is 6.09 Å². The van der Waals surface area contributed by atoms with E-state index in [2.05, 4.69) is 5.32 Å². The van der Waals surface area contributed by atoms with Crippen molar-refractivity contribution >= 4 is 6.09 Å². The maximum Gasteiger partial charge on any atom is 0.407 e. The summed E-state index contributed by atoms with van der Waals surface area (Å²) in [4.78, 5) is 11.8. The molecule has 0 bridgehead atoms. The maximum absolute atomic E-state index is 11.8. The van der Waals surface area contributed by atoms with Crippen molar-refractivity contribution in [3.05, 3.63) is 71.8 Å². The van der Waals surface area contributed by atoms with Gasteiger partial charge in [-0.3, -0.25) is 0 Å². The van der Waals surface area contributed by atoms with Crippen molar-refractivity contribution in [2.75, 3.05) is 0 Å². The number of hydrogen-bond acceptors (Lipinski definition) is 3. The van der Waals surface area contributed by atoms with E-state index >= 15 is 0 Å². The number of carbonyl (C=O) groups is 1. The Balaban J connectivity index is 1.70. The van der Waals surface area contributed by atoms with E-state index < -0.39 is 6.09 Å². The first-order chi connectivity index (χ1) is 11.1. The van der Waals surface area contributed by atoms with Crippen molar-refractivity contribution in [2.24, 2.45) is 0 Å². The lowest BCUT2D eigenvalue weighted by Crippen LogP contribution is -2.41. The minimum atomic E-state index is -0.434. The molecule has 0 aromatic heterocycles. The summed E-state index contributed by atoms with van der Waals surface area (Å²) < 4.78 is 11.0. The summed E-state index contributed by atoms with van der Waals surface area (Å²) >= 11 is 0. The van der Waals surface area contributed by atoms with Gasteiger partial charge in [0.25, 0.3) is 0 Å². The molecule has 2 atom stereocenters. The van der Waals surface area contributed by atoms with Gasteiger partial charge in [0.1, 0.15) is 6.61 Å². The number of carbonyl (C=O) groups excluding carboxylic acids is 1. The molecule has 0 saturated heterocycles. The zero-order valence-corrected chi connectivity index (χ0v) is 13.6. The van der Waals surface area contributed by atoms with Gasteiger partial charge in [-0.1, -0.05) is 60.7 Å². The summed E-state index contributed by atoms with van der Waals surface area (Å²) in [6, 6.07) is 19.4. The smallest absolute Gasteiger partial charge is 0.407 e. The number of hydrogen-bond donors (Lipinski definition) is 1. The number of nitrogens with one attached hydrogen (secondary N) is 1. The van der Waals surface area contributed by atoms with Crippen LogP contribution in [0.5, 0.6) is 0 Å². The molecular weight excluding hydrogens is 290 g/mol. The minimum absolute atomic E-state index is 0.112. The number of amides is 1. The summed E-state index contributed by atoms with van der Waals surface area (Å²) in [6.45, 7) is 4.62. The molecule has 0 aliphatic rings. The van der Waals surface area contributed by atoms with Gasteiger partial charge in [-0.25, -0.2) is 4.79 Å². The molecule has 0 aliphatic carbocycles. The van der Waals surface area contributed by atoms with E-state index in [1.807, 2.05) is 74.5 Å². The minimum Gasteiger partial charge on any atom is -0.445 e. The van der Waals surface area contributed by atoms with Crippen LogP contribution in [0.3, 0.4) is 0 Å². The van der Waals surface area contributed by atoms with Crippen molar-refractivity contribution < 1.29 is 14.3 Å². The molecule has 2 unspecified atom stereocenters. The number of ether oxygens (including phenoxy) is 2. The molecule has 0 saturated carbocycles. The summed E-state index contributed by atoms with van der Waals surface area (Å²) in [5.74, 6) is 0. The van der Waals surface area contributed by atoms with E-state index in [1.165, 1.54) is 0 Å². The highest BCUT2D eigenvalue weighted by atomic mass is 16.5. The van der Waals surface area contributed by atoms with Crippen LogP contribution in [-0.2, 0) is 22.7 Å². The maximum atomic E-state index is 11.8. The Hall–Kier alpha value is -2.33. The van der Waals surface area contributed by atoms with Crippen molar-refractivity contribution in [3.63, 3.8) is 0 Å². The van der Waals surface area contributed by atoms with Crippen LogP contribution in [0.1, 0.15) is 25.0 Å². The predicted octanol–water partition coefficient (Wildman–Crippen LogP) is 3.91. The fourth-order valence-corrected chi connectivity index (χ4v) is 2.01. The highest BCUT2D eigenvalue weighted by Crippen LogP contribution is 2.06. The molecule has 1 N–H and O–H groups in total. The lowest BCUT2D eigenvalue weighted by molar-refractivity contribution is 0.0293. The Kier molecular flexibility index (Phi) is 6.63. The summed E-state index contributed by atoms with van der Waals surface area (Å²) in [7, 11) is 0. The average molecular weight is 313 g/mol. The van der Waals surface area contributed by atoms with E-state index in [0.717, 1.165) is 11.1 Å². The Morgan fingerprint density at radius 3 is 2.00 bits per heavy atom. The first-order valence-corrected chi connectivity index (χ1v) is 7.78. The average Bonchev–Trinajstić information content (AvgIpc) is 2.59. The standard InChI is InChI=1S/C19H23NO3/c1-15(16(2)22-13-17-9-5-3-6-10-17)20-19(21)23-14-18-11-7-4-8-12-18/h3-12,15-16H,13-14H2,1-2H3,(H,20,21). The normalized spacial score (nSPS) is 13.1. The van der Waals surface area contributed by atoms with Gasteiger partial charge in [-0.2, -0.15) is 0 Å². The van der Waals surface area contributed by atoms with E-state index in [0.29, 0.717) is 6.61 Å². The summed E-state index contributed by atoms with van der Waals surface area (Å²) in [6.07, 6.45) is -0.545. The van der Waals surface area contributed by atoms with Gasteiger partial charge in [0.2, 0.25) is 0 Å². The van der Waals surface area contributed by atoms with Crippen molar-refractivity contribution in [2.45, 2.75) is 39.2 Å². The van der Waals surface area contributed by atoms with Crippen molar-refractivity contribution in [3.8, 4) is 0 Å². The van der Waals surface area contributed by atoms with Gasteiger partial charge in [0.05, 0.1) is 18.8 Å². The molecule has 2 rings (SSSR count). The van der Waals surface area contributed by atoms with Crippen molar-refractivity contribution in [1.29, 1.82) is 0 Å². The third-order valence-electron chi connectivity index (χ3n) is 3.62. The Morgan fingerprint density at radius 2 is 1.43 bits per heavy atom. The Bertz CT molecular complexity index is 586. The third-order valence-corrected chi connectivity index (χ3v) is 3.62. The molecule has 122 valence electrons. The highest BCUT2D eigenvalue weighted by Gasteiger charge is 2.16. The zero-order valence-electron chi connectivity index (χ0n) is 13.6. The van der Waals surface area contributed by atoms with Gasteiger partial charge in [-0.05, 0) is 25.0 Å². The third kappa shape index (κ3) is 6.12. The van der Waals surface area contributed by atoms with Crippen LogP contribution in [0.2, 0.25) is 0 Å². The first-order valence-electron chi connectivity index (χ1n) is 7.78. The lowest BCUT2D eigenvalue weighted by atomic mass is 10.2. The van der Waals surface area contributed by atoms with Gasteiger partial charge in [-0.15, -0.1) is 0 Å². The highest BCUT2D eigenvalue weighted by molar-refractivity contribution is 5.67. The van der Waals surface area contributed by atoms with E-state index in [1.54, 1.807) is 0 Å². The van der Waals surface area contributed by atoms with Gasteiger partial charge < -0.3 is 14.8 Å². The van der Waals surface area contributed by atoms with E-state index in [4.69, 9.17) is 9.47 Å². The lowest BCUT2D eigenvalue weighted by Gasteiger charge is -2.21. The summed E-state index contributed by atoms with van der Waals surface area (Å²) in [5, 5.41) is 2.80. The van der Waals surface area contributed by atoms with E-state index in [9.17, 15) is 4.79 Å². The molecule has 0 fully saturated rings. The van der Waals surface area contributed by atoms with Gasteiger partial charge in [0, 0.05) is 0 Å². The second-order valence-corrected chi connectivity index (χ2v) is 5.50. The van der Waals surface area contributed by atoms with Crippen LogP contribution in [0.4, 0.5) is 4.79 Å². The Labute approximate surface area is 137 Å². The van der Waals surface area contributed by atoms with Crippen LogP contribution >= 0.6 is 0 Å². The fraction of sp³-hybridized carbons (Fsp3) is 0.316. The second kappa shape index (κ2) is 8.96. The molecule has 0 aliphatic heterocycles. The fourth-order valence-electron chi connectivity index (χ4n) is 2.01. The summed E-state index contributed by atoms with van der Waals surface area (Å²) in [5.41, 5.74) is 2.07. The molecule has 2 aromatic carbocycles. The molecule has 1 amide bonds. The molecule has 0 radical (unpaired) electrons. The Morgan fingerprint density at radius 1 is 0.913 bits per heavy atom. The zero-order chi connectivity index (χ0) is 16.5. The first kappa shape index (κ1) is 17.0. The molecule has 4 nitrogen and oxygen atoms in total. The van der Waals surface area contributed by atoms with Crippen molar-refractivity contribution in [1.82, 2.24) is 5.32 Å². The van der Waals surface area contributed by atoms with Crippen LogP contribution in [0.25, 0.3) is 0 Å². The molecule has 23 heavy (non-hydrogen) atoms. The SMILES string of the molecule is CC(NC(=O)OCc1ccccc1)C(C)OCc1ccccc1. The number of alkyl carbamates (subject to hydrolysis) is 1. The topological polar surface area (TPSA) is 47.6 Å². The number of rotatable bonds is 7. The molecule has 0 spiro atoms. The van der Waals surface area contributed by atoms with Crippen LogP contribution in [0.15, 0.2) is 60.7 Å². The molecule has 2 aromatic rings.